The maximum absolute atomic E-state index is 10.7. The number of piperidine rings is 1. The second-order valence-corrected chi connectivity index (χ2v) is 4.73. The number of nitro benzene ring substituents is 1. The van der Waals surface area contributed by atoms with Crippen LogP contribution in [0.1, 0.15) is 25.3 Å². The van der Waals surface area contributed by atoms with Crippen LogP contribution >= 0.6 is 0 Å². The average molecular weight is 260 g/mol. The molecule has 6 nitrogen and oxygen atoms in total. The van der Waals surface area contributed by atoms with Crippen molar-refractivity contribution in [2.24, 2.45) is 0 Å². The molecule has 2 unspecified atom stereocenters. The van der Waals surface area contributed by atoms with Crippen LogP contribution in [0.25, 0.3) is 0 Å². The number of benzene rings is 1. The van der Waals surface area contributed by atoms with E-state index in [0.29, 0.717) is 17.3 Å². The van der Waals surface area contributed by atoms with E-state index in [1.165, 1.54) is 12.1 Å². The Kier molecular flexibility index (Phi) is 3.97. The van der Waals surface area contributed by atoms with Crippen LogP contribution in [0.15, 0.2) is 18.2 Å². The predicted octanol–water partition coefficient (Wildman–Crippen LogP) is 2.02. The van der Waals surface area contributed by atoms with E-state index >= 15 is 0 Å². The van der Waals surface area contributed by atoms with Gasteiger partial charge in [0.05, 0.1) is 16.2 Å². The van der Waals surface area contributed by atoms with Crippen molar-refractivity contribution in [2.45, 2.75) is 31.8 Å². The minimum atomic E-state index is -0.491. The first kappa shape index (κ1) is 13.3. The summed E-state index contributed by atoms with van der Waals surface area (Å²) in [6.07, 6.45) is 2.10. The molecule has 2 atom stereocenters. The molecule has 0 bridgehead atoms. The van der Waals surface area contributed by atoms with E-state index in [2.05, 4.69) is 17.6 Å². The van der Waals surface area contributed by atoms with Gasteiger partial charge in [0.2, 0.25) is 0 Å². The highest BCUT2D eigenvalue weighted by Gasteiger charge is 2.21. The second kappa shape index (κ2) is 5.67. The molecule has 1 aliphatic heterocycles. The molecule has 1 aromatic rings. The SMILES string of the molecule is CC1NCCCC1Nc1ccc([N+](=O)[O-])cc1C#N. The lowest BCUT2D eigenvalue weighted by atomic mass is 9.99. The Morgan fingerprint density at radius 1 is 1.58 bits per heavy atom. The van der Waals surface area contributed by atoms with Gasteiger partial charge < -0.3 is 10.6 Å². The lowest BCUT2D eigenvalue weighted by molar-refractivity contribution is -0.384. The van der Waals surface area contributed by atoms with Crippen LogP contribution in [0.2, 0.25) is 0 Å². The molecule has 1 aliphatic rings. The van der Waals surface area contributed by atoms with Gasteiger partial charge >= 0.3 is 0 Å². The van der Waals surface area contributed by atoms with E-state index in [9.17, 15) is 10.1 Å². The maximum atomic E-state index is 10.7. The van der Waals surface area contributed by atoms with Crippen LogP contribution in [0.5, 0.6) is 0 Å². The summed E-state index contributed by atoms with van der Waals surface area (Å²) in [7, 11) is 0. The molecule has 1 saturated heterocycles. The summed E-state index contributed by atoms with van der Waals surface area (Å²) in [5.41, 5.74) is 0.914. The minimum Gasteiger partial charge on any atom is -0.380 e. The average Bonchev–Trinajstić information content (AvgIpc) is 2.41. The van der Waals surface area contributed by atoms with Gasteiger partial charge in [0.15, 0.2) is 0 Å². The smallest absolute Gasteiger partial charge is 0.270 e. The minimum absolute atomic E-state index is 0.0584. The van der Waals surface area contributed by atoms with Crippen molar-refractivity contribution in [3.05, 3.63) is 33.9 Å². The Hall–Kier alpha value is -2.13. The lowest BCUT2D eigenvalue weighted by Crippen LogP contribution is -2.46. The van der Waals surface area contributed by atoms with Crippen molar-refractivity contribution in [2.75, 3.05) is 11.9 Å². The van der Waals surface area contributed by atoms with Crippen LogP contribution in [-0.4, -0.2) is 23.6 Å². The van der Waals surface area contributed by atoms with Gasteiger partial charge in [-0.25, -0.2) is 0 Å². The first-order valence-corrected chi connectivity index (χ1v) is 6.30. The summed E-state index contributed by atoms with van der Waals surface area (Å²) in [6, 6.07) is 6.90. The standard InChI is InChI=1S/C13H16N4O2/c1-9-12(3-2-6-15-9)16-13-5-4-11(17(18)19)7-10(13)8-14/h4-5,7,9,12,15-16H,2-3,6H2,1H3. The Balaban J connectivity index is 2.20. The van der Waals surface area contributed by atoms with E-state index in [-0.39, 0.29) is 11.7 Å². The molecule has 0 amide bonds. The molecule has 1 aromatic carbocycles. The van der Waals surface area contributed by atoms with Gasteiger partial charge in [0.1, 0.15) is 6.07 Å². The second-order valence-electron chi connectivity index (χ2n) is 4.73. The summed E-state index contributed by atoms with van der Waals surface area (Å²) in [6.45, 7) is 3.10. The summed E-state index contributed by atoms with van der Waals surface area (Å²) in [5, 5.41) is 26.5. The Bertz CT molecular complexity index is 524. The molecule has 6 heteroatoms. The monoisotopic (exact) mass is 260 g/mol. The van der Waals surface area contributed by atoms with Crippen LogP contribution < -0.4 is 10.6 Å². The molecule has 0 aliphatic carbocycles. The predicted molar refractivity (Wildman–Crippen MR) is 71.9 cm³/mol. The lowest BCUT2D eigenvalue weighted by Gasteiger charge is -2.31. The van der Waals surface area contributed by atoms with Crippen molar-refractivity contribution in [1.82, 2.24) is 5.32 Å². The highest BCUT2D eigenvalue weighted by Crippen LogP contribution is 2.24. The van der Waals surface area contributed by atoms with Crippen molar-refractivity contribution in [3.8, 4) is 6.07 Å². The van der Waals surface area contributed by atoms with Crippen molar-refractivity contribution < 1.29 is 4.92 Å². The molecule has 0 radical (unpaired) electrons. The van der Waals surface area contributed by atoms with Gasteiger partial charge in [-0.3, -0.25) is 10.1 Å². The van der Waals surface area contributed by atoms with Crippen molar-refractivity contribution >= 4 is 11.4 Å². The van der Waals surface area contributed by atoms with Gasteiger partial charge in [-0.15, -0.1) is 0 Å². The number of nitro groups is 1. The van der Waals surface area contributed by atoms with E-state index in [4.69, 9.17) is 5.26 Å². The molecule has 0 aromatic heterocycles. The molecule has 1 heterocycles. The zero-order valence-corrected chi connectivity index (χ0v) is 10.7. The largest absolute Gasteiger partial charge is 0.380 e. The summed E-state index contributed by atoms with van der Waals surface area (Å²) in [5.74, 6) is 0. The number of hydrogen-bond donors (Lipinski definition) is 2. The van der Waals surface area contributed by atoms with Gasteiger partial charge in [0.25, 0.3) is 5.69 Å². The zero-order chi connectivity index (χ0) is 13.8. The molecule has 19 heavy (non-hydrogen) atoms. The van der Waals surface area contributed by atoms with Crippen LogP contribution in [0.3, 0.4) is 0 Å². The van der Waals surface area contributed by atoms with Gasteiger partial charge in [-0.2, -0.15) is 5.26 Å². The van der Waals surface area contributed by atoms with Crippen LogP contribution in [0.4, 0.5) is 11.4 Å². The van der Waals surface area contributed by atoms with E-state index < -0.39 is 4.92 Å². The molecular weight excluding hydrogens is 244 g/mol. The fourth-order valence-corrected chi connectivity index (χ4v) is 2.31. The molecule has 0 saturated carbocycles. The van der Waals surface area contributed by atoms with E-state index in [1.807, 2.05) is 6.07 Å². The molecule has 100 valence electrons. The van der Waals surface area contributed by atoms with Crippen molar-refractivity contribution in [1.29, 1.82) is 5.26 Å². The number of anilines is 1. The Labute approximate surface area is 111 Å². The molecule has 0 spiro atoms. The highest BCUT2D eigenvalue weighted by atomic mass is 16.6. The summed E-state index contributed by atoms with van der Waals surface area (Å²) < 4.78 is 0. The van der Waals surface area contributed by atoms with E-state index in [0.717, 1.165) is 19.4 Å². The van der Waals surface area contributed by atoms with Crippen LogP contribution in [0, 0.1) is 21.4 Å². The maximum Gasteiger partial charge on any atom is 0.270 e. The van der Waals surface area contributed by atoms with Crippen molar-refractivity contribution in [3.63, 3.8) is 0 Å². The number of hydrogen-bond acceptors (Lipinski definition) is 5. The molecule has 1 fully saturated rings. The number of nitrogens with zero attached hydrogens (tertiary/aromatic N) is 2. The van der Waals surface area contributed by atoms with E-state index in [1.54, 1.807) is 6.07 Å². The molecule has 2 rings (SSSR count). The number of nitriles is 1. The zero-order valence-electron chi connectivity index (χ0n) is 10.7. The van der Waals surface area contributed by atoms with Gasteiger partial charge in [-0.1, -0.05) is 0 Å². The fraction of sp³-hybridized carbons (Fsp3) is 0.462. The molecular formula is C13H16N4O2. The quantitative estimate of drug-likeness (QED) is 0.641. The van der Waals surface area contributed by atoms with Gasteiger partial charge in [0, 0.05) is 24.2 Å². The fourth-order valence-electron chi connectivity index (χ4n) is 2.31. The summed E-state index contributed by atoms with van der Waals surface area (Å²) in [4.78, 5) is 10.2. The normalized spacial score (nSPS) is 22.5. The van der Waals surface area contributed by atoms with Gasteiger partial charge in [-0.05, 0) is 32.4 Å². The number of non-ortho nitro benzene ring substituents is 1. The topological polar surface area (TPSA) is 91.0 Å². The Morgan fingerprint density at radius 2 is 2.37 bits per heavy atom. The number of rotatable bonds is 3. The Morgan fingerprint density at radius 3 is 3.00 bits per heavy atom. The first-order chi connectivity index (χ1) is 9.11. The first-order valence-electron chi connectivity index (χ1n) is 6.30. The summed E-state index contributed by atoms with van der Waals surface area (Å²) >= 11 is 0. The third kappa shape index (κ3) is 3.01. The highest BCUT2D eigenvalue weighted by molar-refractivity contribution is 5.61. The third-order valence-electron chi connectivity index (χ3n) is 3.44. The number of nitrogens with one attached hydrogen (secondary N) is 2. The molecule has 2 N–H and O–H groups in total. The third-order valence-corrected chi connectivity index (χ3v) is 3.44. The van der Waals surface area contributed by atoms with Crippen LogP contribution in [-0.2, 0) is 0 Å².